The Bertz CT molecular complexity index is 628. The highest BCUT2D eigenvalue weighted by Gasteiger charge is 2.20. The van der Waals surface area contributed by atoms with Gasteiger partial charge >= 0.3 is 0 Å². The summed E-state index contributed by atoms with van der Waals surface area (Å²) < 4.78 is 11.9. The van der Waals surface area contributed by atoms with Gasteiger partial charge in [0.05, 0.1) is 4.47 Å². The minimum Gasteiger partial charge on any atom is -0.486 e. The van der Waals surface area contributed by atoms with Crippen LogP contribution in [0.5, 0.6) is 11.5 Å². The maximum atomic E-state index is 10.4. The van der Waals surface area contributed by atoms with E-state index in [1.165, 1.54) is 0 Å². The zero-order chi connectivity index (χ0) is 14.1. The Morgan fingerprint density at radius 2 is 1.75 bits per heavy atom. The third-order valence-corrected chi connectivity index (χ3v) is 3.96. The number of aliphatic hydroxyl groups excluding tert-OH is 1. The fourth-order valence-corrected chi connectivity index (χ4v) is 2.83. The molecule has 0 fully saturated rings. The fraction of sp³-hybridized carbons (Fsp3) is 0.200. The van der Waals surface area contributed by atoms with Crippen molar-refractivity contribution in [3.05, 3.63) is 57.0 Å². The second-order valence-corrected chi connectivity index (χ2v) is 5.77. The van der Waals surface area contributed by atoms with Gasteiger partial charge in [-0.3, -0.25) is 0 Å². The van der Waals surface area contributed by atoms with Crippen molar-refractivity contribution in [2.45, 2.75) is 6.10 Å². The molecule has 20 heavy (non-hydrogen) atoms. The number of rotatable bonds is 2. The van der Waals surface area contributed by atoms with Crippen LogP contribution in [0.15, 0.2) is 40.9 Å². The van der Waals surface area contributed by atoms with Crippen LogP contribution >= 0.6 is 27.5 Å². The van der Waals surface area contributed by atoms with Gasteiger partial charge in [0.25, 0.3) is 0 Å². The van der Waals surface area contributed by atoms with E-state index < -0.39 is 6.10 Å². The second-order valence-electron chi connectivity index (χ2n) is 4.48. The van der Waals surface area contributed by atoms with Crippen LogP contribution in [0.3, 0.4) is 0 Å². The number of hydrogen-bond acceptors (Lipinski definition) is 3. The van der Waals surface area contributed by atoms with E-state index in [0.29, 0.717) is 29.7 Å². The molecule has 0 amide bonds. The van der Waals surface area contributed by atoms with Gasteiger partial charge in [-0.25, -0.2) is 0 Å². The molecule has 2 aromatic rings. The van der Waals surface area contributed by atoms with Crippen molar-refractivity contribution in [1.82, 2.24) is 0 Å². The molecule has 0 saturated carbocycles. The first-order chi connectivity index (χ1) is 9.65. The molecule has 3 rings (SSSR count). The van der Waals surface area contributed by atoms with Crippen molar-refractivity contribution < 1.29 is 14.6 Å². The van der Waals surface area contributed by atoms with Gasteiger partial charge in [0.15, 0.2) is 11.5 Å². The summed E-state index contributed by atoms with van der Waals surface area (Å²) in [7, 11) is 0. The van der Waals surface area contributed by atoms with E-state index in [1.807, 2.05) is 6.07 Å². The Morgan fingerprint density at radius 3 is 2.50 bits per heavy atom. The maximum Gasteiger partial charge on any atom is 0.175 e. The van der Waals surface area contributed by atoms with Gasteiger partial charge in [0.2, 0.25) is 0 Å². The van der Waals surface area contributed by atoms with E-state index in [9.17, 15) is 5.11 Å². The minimum atomic E-state index is -0.737. The molecular weight excluding hydrogens is 344 g/mol. The lowest BCUT2D eigenvalue weighted by Gasteiger charge is -2.22. The molecule has 1 unspecified atom stereocenters. The Kier molecular flexibility index (Phi) is 3.87. The van der Waals surface area contributed by atoms with Gasteiger partial charge < -0.3 is 14.6 Å². The van der Waals surface area contributed by atoms with Crippen LogP contribution in [0.1, 0.15) is 17.2 Å². The highest BCUT2D eigenvalue weighted by Crippen LogP contribution is 2.40. The van der Waals surface area contributed by atoms with Crippen LogP contribution in [0.4, 0.5) is 0 Å². The summed E-state index contributed by atoms with van der Waals surface area (Å²) in [6, 6.07) is 10.8. The average molecular weight is 356 g/mol. The largest absolute Gasteiger partial charge is 0.486 e. The topological polar surface area (TPSA) is 38.7 Å². The van der Waals surface area contributed by atoms with Gasteiger partial charge in [-0.15, -0.1) is 0 Å². The predicted octanol–water partition coefficient (Wildman–Crippen LogP) is 3.96. The monoisotopic (exact) mass is 354 g/mol. The molecule has 0 spiro atoms. The number of benzene rings is 2. The van der Waals surface area contributed by atoms with E-state index in [-0.39, 0.29) is 0 Å². The normalized spacial score (nSPS) is 14.9. The van der Waals surface area contributed by atoms with Gasteiger partial charge in [0.1, 0.15) is 19.3 Å². The lowest BCUT2D eigenvalue weighted by molar-refractivity contribution is 0.168. The summed E-state index contributed by atoms with van der Waals surface area (Å²) in [5, 5.41) is 11.1. The number of aliphatic hydroxyl groups is 1. The van der Waals surface area contributed by atoms with Crippen molar-refractivity contribution in [3.63, 3.8) is 0 Å². The van der Waals surface area contributed by atoms with Crippen LogP contribution < -0.4 is 9.47 Å². The van der Waals surface area contributed by atoms with Crippen molar-refractivity contribution in [2.24, 2.45) is 0 Å². The maximum absolute atomic E-state index is 10.4. The third-order valence-electron chi connectivity index (χ3n) is 3.12. The number of hydrogen-bond donors (Lipinski definition) is 1. The van der Waals surface area contributed by atoms with Crippen LogP contribution in [-0.4, -0.2) is 18.3 Å². The molecular formula is C15H12BrClO3. The molecule has 0 aromatic heterocycles. The molecule has 0 radical (unpaired) electrons. The number of fused-ring (bicyclic) bond motifs is 1. The molecule has 0 saturated heterocycles. The SMILES string of the molecule is OC(c1ccc(Cl)cc1)c1cc(Br)c2c(c1)OCCO2. The molecule has 1 N–H and O–H groups in total. The van der Waals surface area contributed by atoms with Crippen LogP contribution in [0.25, 0.3) is 0 Å². The van der Waals surface area contributed by atoms with Crippen molar-refractivity contribution >= 4 is 27.5 Å². The first-order valence-electron chi connectivity index (χ1n) is 6.18. The highest BCUT2D eigenvalue weighted by molar-refractivity contribution is 9.10. The standard InChI is InChI=1S/C15H12BrClO3/c16-12-7-10(8-13-15(12)20-6-5-19-13)14(18)9-1-3-11(17)4-2-9/h1-4,7-8,14,18H,5-6H2. The van der Waals surface area contributed by atoms with Crippen LogP contribution in [0.2, 0.25) is 5.02 Å². The zero-order valence-electron chi connectivity index (χ0n) is 10.5. The number of halogens is 2. The summed E-state index contributed by atoms with van der Waals surface area (Å²) in [4.78, 5) is 0. The molecule has 5 heteroatoms. The van der Waals surface area contributed by atoms with Gasteiger partial charge in [-0.1, -0.05) is 23.7 Å². The van der Waals surface area contributed by atoms with Gasteiger partial charge in [-0.05, 0) is 51.3 Å². The van der Waals surface area contributed by atoms with Crippen molar-refractivity contribution in [1.29, 1.82) is 0 Å². The second kappa shape index (κ2) is 5.64. The molecule has 2 aromatic carbocycles. The Morgan fingerprint density at radius 1 is 1.05 bits per heavy atom. The van der Waals surface area contributed by atoms with E-state index in [1.54, 1.807) is 30.3 Å². The summed E-state index contributed by atoms with van der Waals surface area (Å²) in [6.07, 6.45) is -0.737. The summed E-state index contributed by atoms with van der Waals surface area (Å²) in [5.41, 5.74) is 1.52. The zero-order valence-corrected chi connectivity index (χ0v) is 12.8. The molecule has 104 valence electrons. The molecule has 1 aliphatic heterocycles. The quantitative estimate of drug-likeness (QED) is 0.886. The van der Waals surface area contributed by atoms with Crippen molar-refractivity contribution in [2.75, 3.05) is 13.2 Å². The molecule has 1 aliphatic rings. The van der Waals surface area contributed by atoms with Gasteiger partial charge in [0, 0.05) is 5.02 Å². The minimum absolute atomic E-state index is 0.514. The smallest absolute Gasteiger partial charge is 0.175 e. The summed E-state index contributed by atoms with van der Waals surface area (Å²) in [5.74, 6) is 1.33. The van der Waals surface area contributed by atoms with Crippen LogP contribution in [0, 0.1) is 0 Å². The average Bonchev–Trinajstić information content (AvgIpc) is 2.47. The molecule has 0 aliphatic carbocycles. The Balaban J connectivity index is 1.97. The lowest BCUT2D eigenvalue weighted by atomic mass is 10.0. The Labute approximate surface area is 130 Å². The molecule has 1 atom stereocenters. The van der Waals surface area contributed by atoms with Crippen molar-refractivity contribution in [3.8, 4) is 11.5 Å². The molecule has 3 nitrogen and oxygen atoms in total. The number of ether oxygens (including phenoxy) is 2. The Hall–Kier alpha value is -1.23. The highest BCUT2D eigenvalue weighted by atomic mass is 79.9. The predicted molar refractivity (Wildman–Crippen MR) is 80.6 cm³/mol. The van der Waals surface area contributed by atoms with E-state index >= 15 is 0 Å². The van der Waals surface area contributed by atoms with E-state index in [0.717, 1.165) is 15.6 Å². The van der Waals surface area contributed by atoms with E-state index in [4.69, 9.17) is 21.1 Å². The van der Waals surface area contributed by atoms with E-state index in [2.05, 4.69) is 15.9 Å². The van der Waals surface area contributed by atoms with Gasteiger partial charge in [-0.2, -0.15) is 0 Å². The first kappa shape index (κ1) is 13.7. The van der Waals surface area contributed by atoms with Crippen LogP contribution in [-0.2, 0) is 0 Å². The fourth-order valence-electron chi connectivity index (χ4n) is 2.13. The summed E-state index contributed by atoms with van der Waals surface area (Å²) in [6.45, 7) is 1.05. The lowest BCUT2D eigenvalue weighted by Crippen LogP contribution is -2.16. The molecule has 0 bridgehead atoms. The molecule has 1 heterocycles. The first-order valence-corrected chi connectivity index (χ1v) is 7.35. The summed E-state index contributed by atoms with van der Waals surface area (Å²) >= 11 is 9.30. The third kappa shape index (κ3) is 2.64.